The fourth-order valence-electron chi connectivity index (χ4n) is 3.81. The van der Waals surface area contributed by atoms with Gasteiger partial charge in [0.15, 0.2) is 0 Å². The van der Waals surface area contributed by atoms with Crippen LogP contribution in [0.5, 0.6) is 5.75 Å². The second kappa shape index (κ2) is 9.40. The molecule has 1 aromatic heterocycles. The Hall–Kier alpha value is -4.05. The predicted octanol–water partition coefficient (Wildman–Crippen LogP) is 6.83. The van der Waals surface area contributed by atoms with Gasteiger partial charge in [0.25, 0.3) is 0 Å². The molecule has 4 rings (SSSR count). The molecular weight excluding hydrogens is 401 g/mol. The van der Waals surface area contributed by atoms with Gasteiger partial charge in [-0.05, 0) is 65.1 Å². The van der Waals surface area contributed by atoms with Gasteiger partial charge in [-0.3, -0.25) is 4.98 Å². The first-order valence-corrected chi connectivity index (χ1v) is 10.4. The highest BCUT2D eigenvalue weighted by Crippen LogP contribution is 2.39. The Kier molecular flexibility index (Phi) is 6.22. The lowest BCUT2D eigenvalue weighted by Crippen LogP contribution is -2.06. The topological polar surface area (TPSA) is 39.2 Å². The van der Waals surface area contributed by atoms with E-state index in [9.17, 15) is 9.18 Å². The molecule has 3 aromatic carbocycles. The van der Waals surface area contributed by atoms with Crippen molar-refractivity contribution in [2.45, 2.75) is 13.3 Å². The largest absolute Gasteiger partial charge is 0.423 e. The fraction of sp³-hybridized carbons (Fsp3) is 0.0714. The van der Waals surface area contributed by atoms with Crippen LogP contribution in [0.2, 0.25) is 0 Å². The molecule has 158 valence electrons. The maximum atomic E-state index is 13.6. The zero-order valence-electron chi connectivity index (χ0n) is 17.7. The monoisotopic (exact) mass is 423 g/mol. The van der Waals surface area contributed by atoms with Gasteiger partial charge >= 0.3 is 5.97 Å². The molecule has 4 aromatic rings. The van der Waals surface area contributed by atoms with Crippen LogP contribution in [0.1, 0.15) is 30.0 Å². The molecule has 0 saturated carbocycles. The van der Waals surface area contributed by atoms with Crippen LogP contribution in [-0.4, -0.2) is 11.0 Å². The molecule has 0 amide bonds. The Morgan fingerprint density at radius 2 is 1.75 bits per heavy atom. The lowest BCUT2D eigenvalue weighted by Gasteiger charge is -2.19. The quantitative estimate of drug-likeness (QED) is 0.148. The molecule has 0 radical (unpaired) electrons. The van der Waals surface area contributed by atoms with E-state index in [1.807, 2.05) is 42.5 Å². The van der Waals surface area contributed by atoms with Crippen molar-refractivity contribution in [2.75, 3.05) is 0 Å². The van der Waals surface area contributed by atoms with Crippen molar-refractivity contribution in [3.63, 3.8) is 0 Å². The number of para-hydroxylation sites is 1. The summed E-state index contributed by atoms with van der Waals surface area (Å²) in [7, 11) is 0. The number of rotatable bonds is 6. The molecule has 4 heteroatoms. The van der Waals surface area contributed by atoms with Gasteiger partial charge < -0.3 is 4.74 Å². The highest BCUT2D eigenvalue weighted by molar-refractivity contribution is 6.02. The molecule has 0 aliphatic carbocycles. The minimum atomic E-state index is -0.528. The number of nitrogens with zero attached hydrogens (tertiary/aromatic N) is 1. The summed E-state index contributed by atoms with van der Waals surface area (Å²) < 4.78 is 19.2. The van der Waals surface area contributed by atoms with Crippen LogP contribution < -0.4 is 4.74 Å². The fourth-order valence-corrected chi connectivity index (χ4v) is 3.81. The second-order valence-corrected chi connectivity index (χ2v) is 7.25. The van der Waals surface area contributed by atoms with Gasteiger partial charge in [0.05, 0.1) is 5.52 Å². The van der Waals surface area contributed by atoms with E-state index in [-0.39, 0.29) is 5.82 Å². The summed E-state index contributed by atoms with van der Waals surface area (Å²) in [6.07, 6.45) is 3.59. The summed E-state index contributed by atoms with van der Waals surface area (Å²) in [5.74, 6) is -0.381. The Balaban J connectivity index is 2.02. The molecular formula is C28H22FNO2. The van der Waals surface area contributed by atoms with E-state index in [4.69, 9.17) is 4.74 Å². The second-order valence-electron chi connectivity index (χ2n) is 7.25. The van der Waals surface area contributed by atoms with Crippen LogP contribution in [-0.2, 0) is 4.79 Å². The van der Waals surface area contributed by atoms with Crippen LogP contribution in [0.25, 0.3) is 22.0 Å². The summed E-state index contributed by atoms with van der Waals surface area (Å²) in [6.45, 7) is 5.56. The Bertz CT molecular complexity index is 1320. The zero-order valence-corrected chi connectivity index (χ0v) is 17.7. The number of hydrogen-bond acceptors (Lipinski definition) is 3. The molecule has 0 aliphatic heterocycles. The van der Waals surface area contributed by atoms with E-state index in [1.54, 1.807) is 24.4 Å². The Morgan fingerprint density at radius 3 is 2.50 bits per heavy atom. The number of esters is 1. The highest BCUT2D eigenvalue weighted by Gasteiger charge is 2.18. The lowest BCUT2D eigenvalue weighted by molar-refractivity contribution is -0.128. The molecule has 0 aliphatic rings. The molecule has 0 N–H and O–H groups in total. The average Bonchev–Trinajstić information content (AvgIpc) is 2.83. The third-order valence-electron chi connectivity index (χ3n) is 5.27. The normalized spacial score (nSPS) is 11.7. The number of hydrogen-bond donors (Lipinski definition) is 0. The molecule has 0 unspecified atom stereocenters. The maximum absolute atomic E-state index is 13.6. The van der Waals surface area contributed by atoms with E-state index >= 15 is 0 Å². The van der Waals surface area contributed by atoms with Crippen molar-refractivity contribution in [1.82, 2.24) is 4.98 Å². The number of ether oxygens (including phenoxy) is 1. The molecule has 32 heavy (non-hydrogen) atoms. The van der Waals surface area contributed by atoms with Crippen LogP contribution in [0.3, 0.4) is 0 Å². The third kappa shape index (κ3) is 4.35. The highest BCUT2D eigenvalue weighted by atomic mass is 19.1. The van der Waals surface area contributed by atoms with Crippen molar-refractivity contribution < 1.29 is 13.9 Å². The number of carbonyl (C=O) groups excluding carboxylic acids is 1. The molecule has 0 fully saturated rings. The SMILES string of the molecule is C=CC(=O)Oc1ccccc1/C(=C(\CC)c1ccc(F)cc1)c1ccc2ncccc2c1. The van der Waals surface area contributed by atoms with Gasteiger partial charge in [-0.2, -0.15) is 0 Å². The average molecular weight is 423 g/mol. The van der Waals surface area contributed by atoms with Crippen molar-refractivity contribution in [1.29, 1.82) is 0 Å². The van der Waals surface area contributed by atoms with Crippen LogP contribution >= 0.6 is 0 Å². The summed E-state index contributed by atoms with van der Waals surface area (Å²) in [5.41, 5.74) is 5.44. The first kappa shape index (κ1) is 21.2. The van der Waals surface area contributed by atoms with Crippen LogP contribution in [0, 0.1) is 5.82 Å². The van der Waals surface area contributed by atoms with E-state index in [0.29, 0.717) is 12.2 Å². The number of allylic oxidation sites excluding steroid dienone is 1. The summed E-state index contributed by atoms with van der Waals surface area (Å²) in [4.78, 5) is 16.4. The van der Waals surface area contributed by atoms with Gasteiger partial charge in [-0.1, -0.05) is 56.0 Å². The summed E-state index contributed by atoms with van der Waals surface area (Å²) >= 11 is 0. The summed E-state index contributed by atoms with van der Waals surface area (Å²) in [5, 5.41) is 0.998. The van der Waals surface area contributed by atoms with Crippen molar-refractivity contribution >= 4 is 28.0 Å². The minimum Gasteiger partial charge on any atom is -0.423 e. The standard InChI is InChI=1S/C28H22FNO2/c1-3-23(19-11-14-22(29)15-12-19)28(21-13-16-25-20(18-21)8-7-17-30-25)24-9-5-6-10-26(24)32-27(31)4-2/h4-18H,2-3H2,1H3/b28-23+. The minimum absolute atomic E-state index is 0.289. The van der Waals surface area contributed by atoms with E-state index in [1.165, 1.54) is 12.1 Å². The number of carbonyl (C=O) groups is 1. The molecule has 0 bridgehead atoms. The first-order valence-electron chi connectivity index (χ1n) is 10.4. The van der Waals surface area contributed by atoms with Crippen molar-refractivity contribution in [3.05, 3.63) is 120 Å². The van der Waals surface area contributed by atoms with Gasteiger partial charge in [0.1, 0.15) is 11.6 Å². The van der Waals surface area contributed by atoms with Gasteiger partial charge in [-0.15, -0.1) is 0 Å². The summed E-state index contributed by atoms with van der Waals surface area (Å²) in [6, 6.07) is 23.8. The van der Waals surface area contributed by atoms with Gasteiger partial charge in [-0.25, -0.2) is 9.18 Å². The van der Waals surface area contributed by atoms with E-state index < -0.39 is 5.97 Å². The van der Waals surface area contributed by atoms with Crippen molar-refractivity contribution in [3.8, 4) is 5.75 Å². The van der Waals surface area contributed by atoms with Crippen LogP contribution in [0.4, 0.5) is 4.39 Å². The maximum Gasteiger partial charge on any atom is 0.335 e. The lowest BCUT2D eigenvalue weighted by atomic mass is 9.87. The predicted molar refractivity (Wildman–Crippen MR) is 127 cm³/mol. The molecule has 3 nitrogen and oxygen atoms in total. The molecule has 0 spiro atoms. The number of halogens is 1. The zero-order chi connectivity index (χ0) is 22.5. The number of aromatic nitrogens is 1. The number of fused-ring (bicyclic) bond motifs is 1. The van der Waals surface area contributed by atoms with E-state index in [0.717, 1.165) is 44.8 Å². The number of pyridine rings is 1. The van der Waals surface area contributed by atoms with Crippen molar-refractivity contribution in [2.24, 2.45) is 0 Å². The molecule has 0 atom stereocenters. The van der Waals surface area contributed by atoms with E-state index in [2.05, 4.69) is 24.6 Å². The van der Waals surface area contributed by atoms with Gasteiger partial charge in [0, 0.05) is 23.2 Å². The van der Waals surface area contributed by atoms with Gasteiger partial charge in [0.2, 0.25) is 0 Å². The first-order chi connectivity index (χ1) is 15.6. The smallest absolute Gasteiger partial charge is 0.335 e. The number of benzene rings is 3. The third-order valence-corrected chi connectivity index (χ3v) is 5.27. The van der Waals surface area contributed by atoms with Crippen LogP contribution in [0.15, 0.2) is 97.7 Å². The molecule has 0 saturated heterocycles. The Morgan fingerprint density at radius 1 is 1.00 bits per heavy atom. The molecule has 1 heterocycles. The Labute approximate surface area is 186 Å².